The number of hydrogen-bond acceptors (Lipinski definition) is 3. The van der Waals surface area contributed by atoms with E-state index in [0.717, 1.165) is 31.0 Å². The molecular weight excluding hydrogens is 210 g/mol. The first kappa shape index (κ1) is 10.3. The number of rotatable bonds is 2. The molecule has 1 aliphatic heterocycles. The lowest BCUT2D eigenvalue weighted by Gasteiger charge is -2.14. The molecule has 3 heteroatoms. The molecule has 0 saturated heterocycles. The molecule has 0 radical (unpaired) electrons. The van der Waals surface area contributed by atoms with Crippen molar-refractivity contribution in [2.45, 2.75) is 19.6 Å². The number of nitrogens with zero attached hydrogens (tertiary/aromatic N) is 2. The monoisotopic (exact) mass is 225 g/mol. The Morgan fingerprint density at radius 2 is 2.00 bits per heavy atom. The summed E-state index contributed by atoms with van der Waals surface area (Å²) in [5.41, 5.74) is 10.3. The van der Waals surface area contributed by atoms with E-state index in [9.17, 15) is 0 Å². The zero-order valence-electron chi connectivity index (χ0n) is 9.63. The maximum atomic E-state index is 5.75. The van der Waals surface area contributed by atoms with Gasteiger partial charge in [-0.15, -0.1) is 0 Å². The van der Waals surface area contributed by atoms with Crippen molar-refractivity contribution in [3.63, 3.8) is 0 Å². The fourth-order valence-electron chi connectivity index (χ4n) is 2.30. The zero-order chi connectivity index (χ0) is 11.7. The van der Waals surface area contributed by atoms with Crippen LogP contribution in [0.4, 0.5) is 5.69 Å². The van der Waals surface area contributed by atoms with Crippen molar-refractivity contribution in [3.8, 4) is 0 Å². The molecule has 86 valence electrons. The van der Waals surface area contributed by atoms with E-state index in [0.29, 0.717) is 0 Å². The highest BCUT2D eigenvalue weighted by Crippen LogP contribution is 2.23. The molecule has 17 heavy (non-hydrogen) atoms. The van der Waals surface area contributed by atoms with E-state index in [4.69, 9.17) is 5.73 Å². The molecule has 1 aliphatic rings. The maximum Gasteiger partial charge on any atom is 0.0590 e. The van der Waals surface area contributed by atoms with Gasteiger partial charge in [-0.1, -0.05) is 30.3 Å². The molecule has 0 fully saturated rings. The van der Waals surface area contributed by atoms with Gasteiger partial charge in [-0.3, -0.25) is 9.88 Å². The predicted octanol–water partition coefficient (Wildman–Crippen LogP) is 2.18. The Balaban J connectivity index is 1.74. The molecule has 0 aliphatic carbocycles. The van der Waals surface area contributed by atoms with Crippen LogP contribution in [-0.4, -0.2) is 9.88 Å². The zero-order valence-corrected chi connectivity index (χ0v) is 9.63. The van der Waals surface area contributed by atoms with Gasteiger partial charge in [0.05, 0.1) is 17.6 Å². The molecule has 0 spiro atoms. The lowest BCUT2D eigenvalue weighted by molar-refractivity contribution is 0.274. The second-order valence-corrected chi connectivity index (χ2v) is 4.51. The van der Waals surface area contributed by atoms with E-state index in [1.54, 1.807) is 6.20 Å². The summed E-state index contributed by atoms with van der Waals surface area (Å²) < 4.78 is 0. The van der Waals surface area contributed by atoms with E-state index in [1.807, 2.05) is 12.1 Å². The average Bonchev–Trinajstić information content (AvgIpc) is 2.71. The van der Waals surface area contributed by atoms with Gasteiger partial charge < -0.3 is 5.73 Å². The number of hydrogen-bond donors (Lipinski definition) is 1. The Bertz CT molecular complexity index is 522. The molecule has 3 rings (SSSR count). The number of pyridine rings is 1. The van der Waals surface area contributed by atoms with Crippen LogP contribution < -0.4 is 5.73 Å². The molecule has 1 aromatic heterocycles. The van der Waals surface area contributed by atoms with Crippen molar-refractivity contribution < 1.29 is 0 Å². The summed E-state index contributed by atoms with van der Waals surface area (Å²) in [7, 11) is 0. The minimum atomic E-state index is 0.755. The van der Waals surface area contributed by atoms with Crippen molar-refractivity contribution in [2.75, 3.05) is 5.73 Å². The number of nitrogens with two attached hydrogens (primary N) is 1. The third kappa shape index (κ3) is 2.15. The van der Waals surface area contributed by atoms with Gasteiger partial charge in [0.2, 0.25) is 0 Å². The number of benzene rings is 1. The Morgan fingerprint density at radius 3 is 2.82 bits per heavy atom. The number of anilines is 1. The standard InChI is InChI=1S/C14H15N3/c15-13-6-12-9-17(10-14(12)16-7-13)8-11-4-2-1-3-5-11/h1-7H,8-10,15H2. The maximum absolute atomic E-state index is 5.75. The van der Waals surface area contributed by atoms with Gasteiger partial charge in [0.15, 0.2) is 0 Å². The van der Waals surface area contributed by atoms with Crippen LogP contribution in [0.2, 0.25) is 0 Å². The molecule has 2 N–H and O–H groups in total. The van der Waals surface area contributed by atoms with Crippen LogP contribution in [0.1, 0.15) is 16.8 Å². The largest absolute Gasteiger partial charge is 0.397 e. The average molecular weight is 225 g/mol. The second kappa shape index (κ2) is 4.18. The van der Waals surface area contributed by atoms with E-state index >= 15 is 0 Å². The van der Waals surface area contributed by atoms with Gasteiger partial charge in [-0.2, -0.15) is 0 Å². The van der Waals surface area contributed by atoms with Crippen molar-refractivity contribution in [1.29, 1.82) is 0 Å². The van der Waals surface area contributed by atoms with Crippen molar-refractivity contribution >= 4 is 5.69 Å². The molecule has 1 aromatic carbocycles. The molecule has 0 saturated carbocycles. The summed E-state index contributed by atoms with van der Waals surface area (Å²) in [6.45, 7) is 2.84. The summed E-state index contributed by atoms with van der Waals surface area (Å²) in [6.07, 6.45) is 1.74. The lowest BCUT2D eigenvalue weighted by atomic mass is 10.2. The highest BCUT2D eigenvalue weighted by atomic mass is 15.1. The molecular formula is C14H15N3. The lowest BCUT2D eigenvalue weighted by Crippen LogP contribution is -2.15. The number of aromatic nitrogens is 1. The van der Waals surface area contributed by atoms with Gasteiger partial charge in [0.1, 0.15) is 0 Å². The van der Waals surface area contributed by atoms with Gasteiger partial charge in [0, 0.05) is 19.6 Å². The minimum Gasteiger partial charge on any atom is -0.397 e. The normalized spacial score (nSPS) is 14.8. The fraction of sp³-hybridized carbons (Fsp3) is 0.214. The second-order valence-electron chi connectivity index (χ2n) is 4.51. The molecule has 2 aromatic rings. The van der Waals surface area contributed by atoms with Crippen molar-refractivity contribution in [2.24, 2.45) is 0 Å². The SMILES string of the molecule is Nc1cnc2c(c1)CN(Cc1ccccc1)C2. The third-order valence-corrected chi connectivity index (χ3v) is 3.10. The summed E-state index contributed by atoms with van der Waals surface area (Å²) in [6, 6.07) is 12.6. The fourth-order valence-corrected chi connectivity index (χ4v) is 2.30. The summed E-state index contributed by atoms with van der Waals surface area (Å²) in [4.78, 5) is 6.77. The first-order valence-electron chi connectivity index (χ1n) is 5.81. The molecule has 0 atom stereocenters. The highest BCUT2D eigenvalue weighted by molar-refractivity contribution is 5.41. The summed E-state index contributed by atoms with van der Waals surface area (Å²) in [5.74, 6) is 0. The quantitative estimate of drug-likeness (QED) is 0.851. The van der Waals surface area contributed by atoms with E-state index in [-0.39, 0.29) is 0 Å². The molecule has 0 unspecified atom stereocenters. The Kier molecular flexibility index (Phi) is 2.53. The summed E-state index contributed by atoms with van der Waals surface area (Å²) in [5, 5.41) is 0. The van der Waals surface area contributed by atoms with Crippen LogP contribution >= 0.6 is 0 Å². The first-order valence-corrected chi connectivity index (χ1v) is 5.81. The smallest absolute Gasteiger partial charge is 0.0590 e. The first-order chi connectivity index (χ1) is 8.31. The van der Waals surface area contributed by atoms with Gasteiger partial charge in [0.25, 0.3) is 0 Å². The number of nitrogen functional groups attached to an aromatic ring is 1. The van der Waals surface area contributed by atoms with Crippen molar-refractivity contribution in [3.05, 3.63) is 59.4 Å². The van der Waals surface area contributed by atoms with Gasteiger partial charge in [-0.25, -0.2) is 0 Å². The topological polar surface area (TPSA) is 42.1 Å². The minimum absolute atomic E-state index is 0.755. The van der Waals surface area contributed by atoms with Crippen LogP contribution in [-0.2, 0) is 19.6 Å². The Morgan fingerprint density at radius 1 is 1.18 bits per heavy atom. The van der Waals surface area contributed by atoms with E-state index < -0.39 is 0 Å². The van der Waals surface area contributed by atoms with Gasteiger partial charge >= 0.3 is 0 Å². The Labute approximate surface area is 101 Å². The molecule has 3 nitrogen and oxygen atoms in total. The van der Waals surface area contributed by atoms with Crippen LogP contribution in [0.5, 0.6) is 0 Å². The van der Waals surface area contributed by atoms with Crippen molar-refractivity contribution in [1.82, 2.24) is 9.88 Å². The third-order valence-electron chi connectivity index (χ3n) is 3.10. The van der Waals surface area contributed by atoms with Crippen LogP contribution in [0, 0.1) is 0 Å². The Hall–Kier alpha value is -1.87. The highest BCUT2D eigenvalue weighted by Gasteiger charge is 2.19. The summed E-state index contributed by atoms with van der Waals surface area (Å²) >= 11 is 0. The van der Waals surface area contributed by atoms with Crippen LogP contribution in [0.3, 0.4) is 0 Å². The van der Waals surface area contributed by atoms with Crippen LogP contribution in [0.25, 0.3) is 0 Å². The predicted molar refractivity (Wildman–Crippen MR) is 68.0 cm³/mol. The van der Waals surface area contributed by atoms with E-state index in [1.165, 1.54) is 11.1 Å². The van der Waals surface area contributed by atoms with E-state index in [2.05, 4.69) is 34.1 Å². The molecule has 2 heterocycles. The molecule has 0 bridgehead atoms. The van der Waals surface area contributed by atoms with Crippen LogP contribution in [0.15, 0.2) is 42.6 Å². The molecule has 0 amide bonds. The van der Waals surface area contributed by atoms with Gasteiger partial charge in [-0.05, 0) is 17.2 Å². The number of fused-ring (bicyclic) bond motifs is 1.